The number of benzene rings is 1. The van der Waals surface area contributed by atoms with Gasteiger partial charge in [-0.1, -0.05) is 30.9 Å². The van der Waals surface area contributed by atoms with Crippen molar-refractivity contribution < 1.29 is 9.18 Å². The number of halogens is 2. The van der Waals surface area contributed by atoms with Gasteiger partial charge in [0.1, 0.15) is 5.83 Å². The summed E-state index contributed by atoms with van der Waals surface area (Å²) < 4.78 is 13.4. The van der Waals surface area contributed by atoms with E-state index in [1.807, 2.05) is 43.5 Å². The summed E-state index contributed by atoms with van der Waals surface area (Å²) in [6.45, 7) is 5.79. The Morgan fingerprint density at radius 2 is 2.12 bits per heavy atom. The topological polar surface area (TPSA) is 44.9 Å². The maximum atomic E-state index is 13.4. The van der Waals surface area contributed by atoms with Crippen molar-refractivity contribution in [3.63, 3.8) is 0 Å². The first-order valence-electron chi connectivity index (χ1n) is 8.10. The zero-order valence-corrected chi connectivity index (χ0v) is 15.0. The molecule has 1 aromatic heterocycles. The summed E-state index contributed by atoms with van der Waals surface area (Å²) in [6, 6.07) is 7.51. The number of aromatic nitrogens is 1. The van der Waals surface area contributed by atoms with Crippen molar-refractivity contribution >= 4 is 40.4 Å². The zero-order valence-electron chi connectivity index (χ0n) is 14.3. The van der Waals surface area contributed by atoms with Crippen LogP contribution in [-0.2, 0) is 4.79 Å². The summed E-state index contributed by atoms with van der Waals surface area (Å²) in [5.74, 6) is -0.802. The number of aryl methyl sites for hydroxylation is 1. The molecule has 1 aliphatic heterocycles. The fourth-order valence-electron chi connectivity index (χ4n) is 2.88. The number of fused-ring (bicyclic) bond motifs is 1. The van der Waals surface area contributed by atoms with Crippen molar-refractivity contribution in [1.29, 1.82) is 0 Å². The fourth-order valence-corrected chi connectivity index (χ4v) is 2.97. The van der Waals surface area contributed by atoms with E-state index in [4.69, 9.17) is 11.6 Å². The third kappa shape index (κ3) is 3.41. The number of rotatable bonds is 5. The molecule has 0 bridgehead atoms. The highest BCUT2D eigenvalue weighted by Gasteiger charge is 2.27. The van der Waals surface area contributed by atoms with Gasteiger partial charge in [-0.25, -0.2) is 4.39 Å². The minimum Gasteiger partial charge on any atom is -0.361 e. The van der Waals surface area contributed by atoms with Crippen LogP contribution in [0.25, 0.3) is 17.2 Å². The molecule has 3 nitrogen and oxygen atoms in total. The molecule has 2 aromatic rings. The number of aromatic amines is 1. The maximum absolute atomic E-state index is 13.4. The normalized spacial score (nSPS) is 16.0. The Kier molecular flexibility index (Phi) is 5.24. The van der Waals surface area contributed by atoms with Gasteiger partial charge in [0.15, 0.2) is 0 Å². The number of hydrogen-bond donors (Lipinski definition) is 2. The molecule has 3 rings (SSSR count). The second-order valence-corrected chi connectivity index (χ2v) is 6.16. The van der Waals surface area contributed by atoms with E-state index < -0.39 is 5.83 Å². The minimum atomic E-state index is -0.439. The van der Waals surface area contributed by atoms with Gasteiger partial charge in [0.25, 0.3) is 5.91 Å². The van der Waals surface area contributed by atoms with E-state index in [9.17, 15) is 9.18 Å². The number of nitrogens with one attached hydrogen (secondary N) is 2. The lowest BCUT2D eigenvalue weighted by Gasteiger charge is -2.09. The standard InChI is InChI=1S/C21H18ClFN2O/c1-3-14(7-8-15(23)12-22)16-5-4-6-18-20(16)17(21(26)25-18)11-19-13(2)9-10-24-19/h3-11,24H,1,12H2,2H3,(H,25,26)/b14-7+,15-8+,17-11-. The van der Waals surface area contributed by atoms with Gasteiger partial charge >= 0.3 is 0 Å². The van der Waals surface area contributed by atoms with Gasteiger partial charge in [-0.15, -0.1) is 11.6 Å². The van der Waals surface area contributed by atoms with Crippen LogP contribution < -0.4 is 5.32 Å². The van der Waals surface area contributed by atoms with Crippen molar-refractivity contribution in [2.75, 3.05) is 11.2 Å². The third-order valence-electron chi connectivity index (χ3n) is 4.21. The molecule has 0 fully saturated rings. The molecular formula is C21H18ClFN2O. The van der Waals surface area contributed by atoms with Gasteiger partial charge in [-0.05, 0) is 47.9 Å². The quantitative estimate of drug-likeness (QED) is 0.410. The first kappa shape index (κ1) is 18.0. The molecule has 5 heteroatoms. The average Bonchev–Trinajstić information content (AvgIpc) is 3.19. The molecule has 1 aliphatic rings. The van der Waals surface area contributed by atoms with Gasteiger partial charge < -0.3 is 10.3 Å². The lowest BCUT2D eigenvalue weighted by molar-refractivity contribution is -0.110. The van der Waals surface area contributed by atoms with Crippen molar-refractivity contribution in [1.82, 2.24) is 4.98 Å². The summed E-state index contributed by atoms with van der Waals surface area (Å²) >= 11 is 5.49. The number of amides is 1. The van der Waals surface area contributed by atoms with Crippen molar-refractivity contribution in [3.8, 4) is 0 Å². The Morgan fingerprint density at radius 1 is 1.31 bits per heavy atom. The highest BCUT2D eigenvalue weighted by atomic mass is 35.5. The number of hydrogen-bond acceptors (Lipinski definition) is 1. The minimum absolute atomic E-state index is 0.174. The monoisotopic (exact) mass is 368 g/mol. The lowest BCUT2D eigenvalue weighted by atomic mass is 9.93. The van der Waals surface area contributed by atoms with Gasteiger partial charge in [-0.3, -0.25) is 4.79 Å². The average molecular weight is 369 g/mol. The predicted octanol–water partition coefficient (Wildman–Crippen LogP) is 5.48. The van der Waals surface area contributed by atoms with Crippen LogP contribution in [0.5, 0.6) is 0 Å². The summed E-state index contributed by atoms with van der Waals surface area (Å²) in [7, 11) is 0. The highest BCUT2D eigenvalue weighted by Crippen LogP contribution is 2.39. The molecule has 132 valence electrons. The second-order valence-electron chi connectivity index (χ2n) is 5.89. The second kappa shape index (κ2) is 7.58. The van der Waals surface area contributed by atoms with E-state index in [1.165, 1.54) is 6.08 Å². The van der Waals surface area contributed by atoms with E-state index in [2.05, 4.69) is 16.9 Å². The summed E-state index contributed by atoms with van der Waals surface area (Å²) in [4.78, 5) is 15.6. The smallest absolute Gasteiger partial charge is 0.256 e. The Balaban J connectivity index is 2.16. The Hall–Kier alpha value is -2.85. The third-order valence-corrected chi connectivity index (χ3v) is 4.47. The predicted molar refractivity (Wildman–Crippen MR) is 107 cm³/mol. The van der Waals surface area contributed by atoms with Crippen molar-refractivity contribution in [2.45, 2.75) is 6.92 Å². The van der Waals surface area contributed by atoms with Crippen molar-refractivity contribution in [3.05, 3.63) is 83.5 Å². The van der Waals surface area contributed by atoms with Crippen LogP contribution in [-0.4, -0.2) is 16.8 Å². The van der Waals surface area contributed by atoms with Gasteiger partial charge in [0.05, 0.1) is 11.5 Å². The molecule has 2 heterocycles. The molecule has 0 saturated heterocycles. The molecule has 0 spiro atoms. The summed E-state index contributed by atoms with van der Waals surface area (Å²) in [5.41, 5.74) is 5.46. The van der Waals surface area contributed by atoms with Gasteiger partial charge in [0.2, 0.25) is 0 Å². The van der Waals surface area contributed by atoms with Crippen LogP contribution >= 0.6 is 11.6 Å². The number of carbonyl (C=O) groups is 1. The number of allylic oxidation sites excluding steroid dienone is 5. The van der Waals surface area contributed by atoms with Crippen LogP contribution in [0.15, 0.2) is 61.1 Å². The lowest BCUT2D eigenvalue weighted by Crippen LogP contribution is -2.03. The molecular weight excluding hydrogens is 351 g/mol. The summed E-state index contributed by atoms with van der Waals surface area (Å²) in [5, 5.41) is 2.88. The SMILES string of the molecule is C=C/C(=C\C=C(\F)CCl)c1cccc2c1/C(=C/c1[nH]ccc1C)C(=O)N2. The molecule has 0 aliphatic carbocycles. The van der Waals surface area contributed by atoms with Crippen LogP contribution in [0.4, 0.5) is 10.1 Å². The highest BCUT2D eigenvalue weighted by molar-refractivity contribution is 6.35. The van der Waals surface area contributed by atoms with Crippen LogP contribution in [0.2, 0.25) is 0 Å². The van der Waals surface area contributed by atoms with Crippen molar-refractivity contribution in [2.24, 2.45) is 0 Å². The van der Waals surface area contributed by atoms with E-state index in [1.54, 1.807) is 12.2 Å². The van der Waals surface area contributed by atoms with Crippen LogP contribution in [0.1, 0.15) is 22.4 Å². The molecule has 0 radical (unpaired) electrons. The van der Waals surface area contributed by atoms with Crippen LogP contribution in [0.3, 0.4) is 0 Å². The van der Waals surface area contributed by atoms with E-state index in [0.717, 1.165) is 28.1 Å². The van der Waals surface area contributed by atoms with E-state index >= 15 is 0 Å². The Labute approximate surface area is 156 Å². The molecule has 0 atom stereocenters. The molecule has 0 unspecified atom stereocenters. The number of alkyl halides is 1. The fraction of sp³-hybridized carbons (Fsp3) is 0.0952. The summed E-state index contributed by atoms with van der Waals surface area (Å²) in [6.07, 6.45) is 8.22. The molecule has 2 N–H and O–H groups in total. The molecule has 26 heavy (non-hydrogen) atoms. The largest absolute Gasteiger partial charge is 0.361 e. The van der Waals surface area contributed by atoms with Gasteiger partial charge in [0, 0.05) is 23.1 Å². The molecule has 0 saturated carbocycles. The number of H-pyrrole nitrogens is 1. The Morgan fingerprint density at radius 3 is 2.77 bits per heavy atom. The van der Waals surface area contributed by atoms with Gasteiger partial charge in [-0.2, -0.15) is 0 Å². The first-order chi connectivity index (χ1) is 12.5. The molecule has 1 amide bonds. The first-order valence-corrected chi connectivity index (χ1v) is 8.64. The molecule has 1 aromatic carbocycles. The van der Waals surface area contributed by atoms with E-state index in [0.29, 0.717) is 11.1 Å². The zero-order chi connectivity index (χ0) is 18.7. The number of carbonyl (C=O) groups excluding carboxylic acids is 1. The Bertz CT molecular complexity index is 966. The number of anilines is 1. The van der Waals surface area contributed by atoms with Crippen LogP contribution in [0, 0.1) is 6.92 Å². The maximum Gasteiger partial charge on any atom is 0.256 e. The van der Waals surface area contributed by atoms with E-state index in [-0.39, 0.29) is 11.8 Å².